The molecule has 4 rings (SSSR count). The number of carboxylic acids is 1. The van der Waals surface area contributed by atoms with Crippen molar-refractivity contribution in [2.45, 2.75) is 38.6 Å². The number of fused-ring (bicyclic) bond motifs is 1. The quantitative estimate of drug-likeness (QED) is 0.761. The Kier molecular flexibility index (Phi) is 6.35. The molecule has 1 saturated heterocycles. The van der Waals surface area contributed by atoms with E-state index in [2.05, 4.69) is 46.5 Å². The maximum Gasteiger partial charge on any atom is 0.336 e. The topological polar surface area (TPSA) is 90.0 Å². The first-order chi connectivity index (χ1) is 15.4. The van der Waals surface area contributed by atoms with Gasteiger partial charge in [0, 0.05) is 48.8 Å². The van der Waals surface area contributed by atoms with Gasteiger partial charge in [-0.25, -0.2) is 4.79 Å². The summed E-state index contributed by atoms with van der Waals surface area (Å²) in [4.78, 5) is 14.4. The molecule has 168 valence electrons. The number of aromatic nitrogens is 1. The average Bonchev–Trinajstić information content (AvgIpc) is 3.19. The molecule has 7 heteroatoms. The Balaban J connectivity index is 1.78. The highest BCUT2D eigenvalue weighted by molar-refractivity contribution is 5.91. The number of nitrogens with one attached hydrogen (secondary N) is 1. The molecule has 4 heterocycles. The minimum atomic E-state index is -0.904. The molecule has 1 fully saturated rings. The number of carboxylic acid groups (broad SMARTS) is 1. The van der Waals surface area contributed by atoms with Crippen LogP contribution in [0.1, 0.15) is 58.9 Å². The second-order valence-corrected chi connectivity index (χ2v) is 8.62. The van der Waals surface area contributed by atoms with Crippen molar-refractivity contribution in [1.29, 1.82) is 5.26 Å². The first-order valence-corrected chi connectivity index (χ1v) is 11.1. The van der Waals surface area contributed by atoms with E-state index in [4.69, 9.17) is 4.74 Å². The summed E-state index contributed by atoms with van der Waals surface area (Å²) >= 11 is 0. The van der Waals surface area contributed by atoms with Crippen molar-refractivity contribution in [2.75, 3.05) is 32.8 Å². The largest absolute Gasteiger partial charge is 0.478 e. The number of carbonyl (C=O) groups is 1. The minimum absolute atomic E-state index is 0.0633. The van der Waals surface area contributed by atoms with Crippen LogP contribution in [0.25, 0.3) is 5.52 Å². The van der Waals surface area contributed by atoms with Crippen LogP contribution in [0.2, 0.25) is 0 Å². The molecule has 0 saturated carbocycles. The summed E-state index contributed by atoms with van der Waals surface area (Å²) < 4.78 is 7.68. The number of nitrogens with zero attached hydrogens (tertiary/aromatic N) is 3. The van der Waals surface area contributed by atoms with E-state index in [-0.39, 0.29) is 12.0 Å². The van der Waals surface area contributed by atoms with Crippen LogP contribution < -0.4 is 5.32 Å². The van der Waals surface area contributed by atoms with Gasteiger partial charge in [-0.15, -0.1) is 0 Å². The van der Waals surface area contributed by atoms with Crippen LogP contribution in [0.15, 0.2) is 42.3 Å². The van der Waals surface area contributed by atoms with E-state index in [0.717, 1.165) is 54.8 Å². The smallest absolute Gasteiger partial charge is 0.336 e. The molecule has 2 aromatic heterocycles. The van der Waals surface area contributed by atoms with Crippen LogP contribution >= 0.6 is 0 Å². The maximum atomic E-state index is 12.0. The molecule has 2 unspecified atom stereocenters. The van der Waals surface area contributed by atoms with E-state index in [0.29, 0.717) is 30.0 Å². The van der Waals surface area contributed by atoms with E-state index in [9.17, 15) is 15.2 Å². The third-order valence-corrected chi connectivity index (χ3v) is 6.79. The van der Waals surface area contributed by atoms with Gasteiger partial charge in [0.15, 0.2) is 0 Å². The number of hydrogen-bond acceptors (Lipinski definition) is 5. The van der Waals surface area contributed by atoms with Gasteiger partial charge in [0.1, 0.15) is 6.07 Å². The first kappa shape index (κ1) is 22.1. The van der Waals surface area contributed by atoms with Crippen molar-refractivity contribution in [3.63, 3.8) is 0 Å². The van der Waals surface area contributed by atoms with Gasteiger partial charge in [-0.05, 0) is 55.9 Å². The molecule has 32 heavy (non-hydrogen) atoms. The van der Waals surface area contributed by atoms with Crippen molar-refractivity contribution in [2.24, 2.45) is 0 Å². The van der Waals surface area contributed by atoms with Gasteiger partial charge in [0.2, 0.25) is 0 Å². The summed E-state index contributed by atoms with van der Waals surface area (Å²) in [7, 11) is 0. The van der Waals surface area contributed by atoms with Gasteiger partial charge < -0.3 is 19.6 Å². The molecule has 0 aliphatic carbocycles. The second kappa shape index (κ2) is 9.19. The first-order valence-electron chi connectivity index (χ1n) is 11.1. The number of morpholine rings is 1. The number of pyridine rings is 1. The lowest BCUT2D eigenvalue weighted by molar-refractivity contribution is 0.0187. The normalized spacial score (nSPS) is 21.2. The zero-order chi connectivity index (χ0) is 22.8. The Morgan fingerprint density at radius 3 is 2.81 bits per heavy atom. The summed E-state index contributed by atoms with van der Waals surface area (Å²) in [5.74, 6) is -0.669. The molecule has 7 nitrogen and oxygen atoms in total. The maximum absolute atomic E-state index is 12.0. The van der Waals surface area contributed by atoms with Gasteiger partial charge in [-0.3, -0.25) is 4.90 Å². The highest BCUT2D eigenvalue weighted by Crippen LogP contribution is 2.33. The van der Waals surface area contributed by atoms with Crippen molar-refractivity contribution in [3.05, 3.63) is 64.6 Å². The summed E-state index contributed by atoms with van der Waals surface area (Å²) in [6, 6.07) is 6.16. The average molecular weight is 435 g/mol. The van der Waals surface area contributed by atoms with Gasteiger partial charge >= 0.3 is 5.97 Å². The van der Waals surface area contributed by atoms with Crippen LogP contribution in [0.4, 0.5) is 0 Å². The van der Waals surface area contributed by atoms with Crippen molar-refractivity contribution < 1.29 is 14.6 Å². The highest BCUT2D eigenvalue weighted by atomic mass is 16.5. The number of ether oxygens (including phenoxy) is 1. The Labute approximate surface area is 188 Å². The molecule has 0 amide bonds. The molecule has 0 radical (unpaired) electrons. The zero-order valence-corrected chi connectivity index (χ0v) is 18.7. The van der Waals surface area contributed by atoms with E-state index < -0.39 is 5.97 Å². The lowest BCUT2D eigenvalue weighted by atomic mass is 9.92. The van der Waals surface area contributed by atoms with Crippen molar-refractivity contribution >= 4 is 11.5 Å². The predicted molar refractivity (Wildman–Crippen MR) is 123 cm³/mol. The number of rotatable bonds is 4. The lowest BCUT2D eigenvalue weighted by Gasteiger charge is -2.34. The molecule has 2 aliphatic rings. The van der Waals surface area contributed by atoms with Crippen LogP contribution in [0.3, 0.4) is 0 Å². The molecule has 0 spiro atoms. The SMILES string of the molecule is C=C1NCCC(c2cc3cc(C(=O)O)c(C)c(C(C)N4CCOCC4)n3c2)CC=C1C#N. The fourth-order valence-corrected chi connectivity index (χ4v) is 4.90. The van der Waals surface area contributed by atoms with Crippen molar-refractivity contribution in [1.82, 2.24) is 14.6 Å². The zero-order valence-electron chi connectivity index (χ0n) is 18.7. The standard InChI is InChI=1S/C25H30N4O3/c1-16-23(25(30)31)13-22-12-21(19-4-5-20(14-26)17(2)27-7-6-19)15-29(22)24(16)18(3)28-8-10-32-11-9-28/h5,12-13,15,18-19,27H,2,4,6-11H2,1,3H3,(H,30,31). The molecular weight excluding hydrogens is 404 g/mol. The van der Waals surface area contributed by atoms with Gasteiger partial charge in [0.05, 0.1) is 24.4 Å². The van der Waals surface area contributed by atoms with Crippen LogP contribution in [-0.4, -0.2) is 53.2 Å². The monoisotopic (exact) mass is 434 g/mol. The third-order valence-electron chi connectivity index (χ3n) is 6.79. The van der Waals surface area contributed by atoms with Gasteiger partial charge in [0.25, 0.3) is 0 Å². The molecular formula is C25H30N4O3. The number of allylic oxidation sites excluding steroid dienone is 2. The van der Waals surface area contributed by atoms with Crippen molar-refractivity contribution in [3.8, 4) is 6.07 Å². The Bertz CT molecular complexity index is 1120. The van der Waals surface area contributed by atoms with Gasteiger partial charge in [-0.2, -0.15) is 5.26 Å². The van der Waals surface area contributed by atoms with Crippen LogP contribution in [-0.2, 0) is 4.74 Å². The van der Waals surface area contributed by atoms with Gasteiger partial charge in [-0.1, -0.05) is 12.7 Å². The fraction of sp³-hybridized carbons (Fsp3) is 0.440. The lowest BCUT2D eigenvalue weighted by Crippen LogP contribution is -2.39. The third kappa shape index (κ3) is 4.16. The molecule has 2 atom stereocenters. The summed E-state index contributed by atoms with van der Waals surface area (Å²) in [6.45, 7) is 11.8. The van der Waals surface area contributed by atoms with Crippen LogP contribution in [0.5, 0.6) is 0 Å². The molecule has 2 aromatic rings. The summed E-state index contributed by atoms with van der Waals surface area (Å²) in [6.07, 6.45) is 5.76. The van der Waals surface area contributed by atoms with E-state index in [1.807, 2.05) is 13.0 Å². The van der Waals surface area contributed by atoms with E-state index in [1.54, 1.807) is 6.07 Å². The van der Waals surface area contributed by atoms with E-state index in [1.165, 1.54) is 0 Å². The van der Waals surface area contributed by atoms with Crippen LogP contribution in [0, 0.1) is 18.3 Å². The summed E-state index contributed by atoms with van der Waals surface area (Å²) in [5, 5.41) is 22.5. The predicted octanol–water partition coefficient (Wildman–Crippen LogP) is 3.77. The Morgan fingerprint density at radius 2 is 2.12 bits per heavy atom. The minimum Gasteiger partial charge on any atom is -0.478 e. The highest BCUT2D eigenvalue weighted by Gasteiger charge is 2.26. The Hall–Kier alpha value is -3.08. The fourth-order valence-electron chi connectivity index (χ4n) is 4.90. The number of nitriles is 1. The Morgan fingerprint density at radius 1 is 1.38 bits per heavy atom. The number of hydrogen-bond donors (Lipinski definition) is 2. The molecule has 2 aliphatic heterocycles. The summed E-state index contributed by atoms with van der Waals surface area (Å²) in [5.41, 5.74) is 5.47. The second-order valence-electron chi connectivity index (χ2n) is 8.62. The molecule has 2 N–H and O–H groups in total. The number of aromatic carboxylic acids is 1. The van der Waals surface area contributed by atoms with E-state index >= 15 is 0 Å². The molecule has 0 bridgehead atoms. The molecule has 0 aromatic carbocycles.